The minimum absolute atomic E-state index is 0.604. The Hall–Kier alpha value is -0.820. The molecule has 0 bridgehead atoms. The van der Waals surface area contributed by atoms with Crippen LogP contribution in [0.4, 0.5) is 0 Å². The molecule has 96 valence electrons. The average Bonchev–Trinajstić information content (AvgIpc) is 2.29. The molecule has 0 aliphatic carbocycles. The third-order valence-corrected chi connectivity index (χ3v) is 3.20. The lowest BCUT2D eigenvalue weighted by molar-refractivity contribution is 0.665. The van der Waals surface area contributed by atoms with E-state index in [-0.39, 0.29) is 0 Å². The topological polar surface area (TPSA) is 12.0 Å². The predicted octanol–water partition coefficient (Wildman–Crippen LogP) is 4.43. The van der Waals surface area contributed by atoms with Gasteiger partial charge in [-0.1, -0.05) is 52.8 Å². The van der Waals surface area contributed by atoms with Gasteiger partial charge in [-0.15, -0.1) is 0 Å². The van der Waals surface area contributed by atoms with Crippen LogP contribution in [0.15, 0.2) is 18.2 Å². The van der Waals surface area contributed by atoms with Crippen molar-refractivity contribution >= 4 is 0 Å². The maximum Gasteiger partial charge on any atom is 0.0208 e. The summed E-state index contributed by atoms with van der Waals surface area (Å²) in [6.45, 7) is 13.4. The van der Waals surface area contributed by atoms with Crippen molar-refractivity contribution < 1.29 is 0 Å². The molecule has 1 aromatic rings. The highest BCUT2D eigenvalue weighted by molar-refractivity contribution is 5.35. The molecule has 0 radical (unpaired) electrons. The van der Waals surface area contributed by atoms with Crippen molar-refractivity contribution in [3.8, 4) is 0 Å². The van der Waals surface area contributed by atoms with Gasteiger partial charge < -0.3 is 5.32 Å². The lowest BCUT2D eigenvalue weighted by Gasteiger charge is -2.16. The number of hydrogen-bond donors (Lipinski definition) is 1. The number of rotatable bonds is 6. The summed E-state index contributed by atoms with van der Waals surface area (Å²) in [5.41, 5.74) is 4.41. The van der Waals surface area contributed by atoms with Crippen molar-refractivity contribution in [2.24, 2.45) is 0 Å². The van der Waals surface area contributed by atoms with Gasteiger partial charge in [-0.25, -0.2) is 0 Å². The summed E-state index contributed by atoms with van der Waals surface area (Å²) in [4.78, 5) is 0. The summed E-state index contributed by atoms with van der Waals surface area (Å²) in [6.07, 6.45) is 1.20. The maximum absolute atomic E-state index is 3.50. The van der Waals surface area contributed by atoms with E-state index in [1.54, 1.807) is 0 Å². The minimum Gasteiger partial charge on any atom is -0.313 e. The molecule has 1 aromatic carbocycles. The molecule has 0 spiro atoms. The number of benzene rings is 1. The fourth-order valence-corrected chi connectivity index (χ4v) is 2.07. The molecule has 0 heterocycles. The molecule has 1 heteroatoms. The molecule has 0 fully saturated rings. The molecule has 0 saturated heterocycles. The SMILES string of the molecule is CCCNCc1ccc(C(C)C)cc1C(C)C. The third-order valence-electron chi connectivity index (χ3n) is 3.20. The van der Waals surface area contributed by atoms with Crippen molar-refractivity contribution in [2.45, 2.75) is 59.4 Å². The lowest BCUT2D eigenvalue weighted by Crippen LogP contribution is -2.15. The third kappa shape index (κ3) is 4.16. The van der Waals surface area contributed by atoms with Crippen molar-refractivity contribution in [3.63, 3.8) is 0 Å². The molecular formula is C16H27N. The van der Waals surface area contributed by atoms with Crippen LogP contribution in [0.2, 0.25) is 0 Å². The second kappa shape index (κ2) is 6.80. The normalized spacial score (nSPS) is 11.5. The van der Waals surface area contributed by atoms with Gasteiger partial charge in [-0.2, -0.15) is 0 Å². The van der Waals surface area contributed by atoms with E-state index >= 15 is 0 Å². The Balaban J connectivity index is 2.88. The van der Waals surface area contributed by atoms with Crippen LogP contribution in [0.5, 0.6) is 0 Å². The zero-order chi connectivity index (χ0) is 12.8. The van der Waals surface area contributed by atoms with Gasteiger partial charge in [0.25, 0.3) is 0 Å². The first-order valence-electron chi connectivity index (χ1n) is 6.89. The van der Waals surface area contributed by atoms with Crippen LogP contribution in [0.1, 0.15) is 69.6 Å². The van der Waals surface area contributed by atoms with Gasteiger partial charge in [-0.05, 0) is 41.5 Å². The highest BCUT2D eigenvalue weighted by Gasteiger charge is 2.09. The summed E-state index contributed by atoms with van der Waals surface area (Å²) in [7, 11) is 0. The van der Waals surface area contributed by atoms with Gasteiger partial charge in [0.15, 0.2) is 0 Å². The van der Waals surface area contributed by atoms with Crippen LogP contribution in [0.25, 0.3) is 0 Å². The zero-order valence-corrected chi connectivity index (χ0v) is 12.0. The maximum atomic E-state index is 3.50. The molecule has 0 aliphatic rings. The van der Waals surface area contributed by atoms with Crippen molar-refractivity contribution in [2.75, 3.05) is 6.54 Å². The first-order valence-corrected chi connectivity index (χ1v) is 6.89. The molecule has 0 aliphatic heterocycles. The van der Waals surface area contributed by atoms with Gasteiger partial charge in [0, 0.05) is 6.54 Å². The highest BCUT2D eigenvalue weighted by Crippen LogP contribution is 2.24. The second-order valence-electron chi connectivity index (χ2n) is 5.44. The molecule has 0 aromatic heterocycles. The summed E-state index contributed by atoms with van der Waals surface area (Å²) in [6, 6.07) is 6.96. The second-order valence-corrected chi connectivity index (χ2v) is 5.44. The van der Waals surface area contributed by atoms with Crippen LogP contribution in [-0.4, -0.2) is 6.54 Å². The molecule has 1 rings (SSSR count). The number of nitrogens with one attached hydrogen (secondary N) is 1. The average molecular weight is 233 g/mol. The Morgan fingerprint density at radius 3 is 2.29 bits per heavy atom. The molecule has 17 heavy (non-hydrogen) atoms. The lowest BCUT2D eigenvalue weighted by atomic mass is 9.91. The monoisotopic (exact) mass is 233 g/mol. The Morgan fingerprint density at radius 1 is 1.06 bits per heavy atom. The molecular weight excluding hydrogens is 206 g/mol. The molecule has 0 unspecified atom stereocenters. The van der Waals surface area contributed by atoms with Gasteiger partial charge in [0.05, 0.1) is 0 Å². The predicted molar refractivity (Wildman–Crippen MR) is 76.6 cm³/mol. The van der Waals surface area contributed by atoms with E-state index in [0.29, 0.717) is 11.8 Å². The van der Waals surface area contributed by atoms with Crippen molar-refractivity contribution in [1.82, 2.24) is 5.32 Å². The summed E-state index contributed by atoms with van der Waals surface area (Å²) in [5.74, 6) is 1.22. The Labute approximate surface area is 107 Å². The van der Waals surface area contributed by atoms with Gasteiger partial charge >= 0.3 is 0 Å². The van der Waals surface area contributed by atoms with Crippen LogP contribution in [0, 0.1) is 0 Å². The van der Waals surface area contributed by atoms with E-state index in [1.165, 1.54) is 23.1 Å². The molecule has 0 saturated carbocycles. The van der Waals surface area contributed by atoms with Gasteiger partial charge in [0.2, 0.25) is 0 Å². The first-order chi connectivity index (χ1) is 8.06. The summed E-state index contributed by atoms with van der Waals surface area (Å²) < 4.78 is 0. The molecule has 1 nitrogen and oxygen atoms in total. The van der Waals surface area contributed by atoms with Gasteiger partial charge in [0.1, 0.15) is 0 Å². The van der Waals surface area contributed by atoms with Crippen LogP contribution in [0.3, 0.4) is 0 Å². The standard InChI is InChI=1S/C16H27N/c1-6-9-17-11-15-8-7-14(12(2)3)10-16(15)13(4)5/h7-8,10,12-13,17H,6,9,11H2,1-5H3. The van der Waals surface area contributed by atoms with Crippen LogP contribution >= 0.6 is 0 Å². The fourth-order valence-electron chi connectivity index (χ4n) is 2.07. The molecule has 1 N–H and O–H groups in total. The minimum atomic E-state index is 0.604. The van der Waals surface area contributed by atoms with E-state index < -0.39 is 0 Å². The van der Waals surface area contributed by atoms with Gasteiger partial charge in [-0.3, -0.25) is 0 Å². The van der Waals surface area contributed by atoms with E-state index in [2.05, 4.69) is 58.1 Å². The summed E-state index contributed by atoms with van der Waals surface area (Å²) >= 11 is 0. The highest BCUT2D eigenvalue weighted by atomic mass is 14.8. The fraction of sp³-hybridized carbons (Fsp3) is 0.625. The van der Waals surface area contributed by atoms with E-state index in [1.807, 2.05) is 0 Å². The van der Waals surface area contributed by atoms with E-state index in [0.717, 1.165) is 13.1 Å². The molecule has 0 atom stereocenters. The van der Waals surface area contributed by atoms with Crippen molar-refractivity contribution in [1.29, 1.82) is 0 Å². The Kier molecular flexibility index (Phi) is 5.70. The Bertz CT molecular complexity index is 339. The smallest absolute Gasteiger partial charge is 0.0208 e. The van der Waals surface area contributed by atoms with Crippen LogP contribution in [-0.2, 0) is 6.54 Å². The Morgan fingerprint density at radius 2 is 1.76 bits per heavy atom. The quantitative estimate of drug-likeness (QED) is 0.717. The van der Waals surface area contributed by atoms with E-state index in [4.69, 9.17) is 0 Å². The van der Waals surface area contributed by atoms with Crippen molar-refractivity contribution in [3.05, 3.63) is 34.9 Å². The van der Waals surface area contributed by atoms with E-state index in [9.17, 15) is 0 Å². The largest absolute Gasteiger partial charge is 0.313 e. The number of hydrogen-bond acceptors (Lipinski definition) is 1. The molecule has 0 amide bonds. The first kappa shape index (κ1) is 14.2. The summed E-state index contributed by atoms with van der Waals surface area (Å²) in [5, 5.41) is 3.50. The van der Waals surface area contributed by atoms with Crippen LogP contribution < -0.4 is 5.32 Å². The zero-order valence-electron chi connectivity index (χ0n) is 12.0.